The Balaban J connectivity index is 2.12. The molecule has 1 amide bonds. The topological polar surface area (TPSA) is 42.0 Å². The number of amides is 1. The van der Waals surface area contributed by atoms with E-state index < -0.39 is 0 Å². The second-order valence-corrected chi connectivity index (χ2v) is 6.45. The van der Waals surface area contributed by atoms with Crippen LogP contribution < -0.4 is 5.32 Å². The zero-order valence-corrected chi connectivity index (χ0v) is 13.6. The minimum Gasteiger partial charge on any atom is -0.343 e. The standard InChI is InChI=1S/C14H15ClN2OS2/c1-3-10-7-16-14(20-10)8(2)17-13(18)11-6-9(19)4-5-12(11)15/h4-8,19H,3H2,1-2H3,(H,17,18). The van der Waals surface area contributed by atoms with Crippen molar-refractivity contribution in [2.75, 3.05) is 0 Å². The van der Waals surface area contributed by atoms with Gasteiger partial charge in [-0.15, -0.1) is 24.0 Å². The van der Waals surface area contributed by atoms with Crippen molar-refractivity contribution in [1.82, 2.24) is 10.3 Å². The Morgan fingerprint density at radius 1 is 1.55 bits per heavy atom. The van der Waals surface area contributed by atoms with Crippen LogP contribution in [0, 0.1) is 0 Å². The van der Waals surface area contributed by atoms with E-state index in [1.165, 1.54) is 4.88 Å². The average molecular weight is 327 g/mol. The SMILES string of the molecule is CCc1cnc(C(C)NC(=O)c2cc(S)ccc2Cl)s1. The first-order valence-electron chi connectivity index (χ1n) is 6.25. The highest BCUT2D eigenvalue weighted by Crippen LogP contribution is 2.23. The highest BCUT2D eigenvalue weighted by molar-refractivity contribution is 7.80. The molecule has 0 aliphatic heterocycles. The molecule has 2 rings (SSSR count). The van der Waals surface area contributed by atoms with E-state index in [9.17, 15) is 4.79 Å². The van der Waals surface area contributed by atoms with Crippen LogP contribution in [0.5, 0.6) is 0 Å². The van der Waals surface area contributed by atoms with E-state index in [2.05, 4.69) is 29.9 Å². The summed E-state index contributed by atoms with van der Waals surface area (Å²) in [5.41, 5.74) is 0.429. The van der Waals surface area contributed by atoms with E-state index in [4.69, 9.17) is 11.6 Å². The molecule has 1 unspecified atom stereocenters. The summed E-state index contributed by atoms with van der Waals surface area (Å²) in [6.07, 6.45) is 2.80. The lowest BCUT2D eigenvalue weighted by Gasteiger charge is -2.12. The number of carbonyl (C=O) groups is 1. The fraction of sp³-hybridized carbons (Fsp3) is 0.286. The van der Waals surface area contributed by atoms with Gasteiger partial charge in [0, 0.05) is 16.0 Å². The van der Waals surface area contributed by atoms with Gasteiger partial charge in [-0.25, -0.2) is 4.98 Å². The van der Waals surface area contributed by atoms with Gasteiger partial charge in [-0.3, -0.25) is 4.79 Å². The fourth-order valence-corrected chi connectivity index (χ4v) is 2.98. The molecular weight excluding hydrogens is 312 g/mol. The van der Waals surface area contributed by atoms with Gasteiger partial charge in [0.05, 0.1) is 16.6 Å². The maximum absolute atomic E-state index is 12.2. The molecule has 2 aromatic rings. The Bertz CT molecular complexity index is 627. The number of aryl methyl sites for hydroxylation is 1. The molecule has 1 aromatic heterocycles. The van der Waals surface area contributed by atoms with Crippen molar-refractivity contribution < 1.29 is 4.79 Å². The average Bonchev–Trinajstić information content (AvgIpc) is 2.90. The molecule has 0 fully saturated rings. The number of hydrogen-bond donors (Lipinski definition) is 2. The second-order valence-electron chi connectivity index (χ2n) is 4.38. The number of halogens is 1. The van der Waals surface area contributed by atoms with Gasteiger partial charge in [0.25, 0.3) is 5.91 Å². The number of nitrogens with one attached hydrogen (secondary N) is 1. The van der Waals surface area contributed by atoms with Crippen molar-refractivity contribution in [2.45, 2.75) is 31.2 Å². The van der Waals surface area contributed by atoms with Gasteiger partial charge in [0.1, 0.15) is 5.01 Å². The van der Waals surface area contributed by atoms with Crippen LogP contribution in [-0.4, -0.2) is 10.9 Å². The zero-order chi connectivity index (χ0) is 14.7. The van der Waals surface area contributed by atoms with Crippen molar-refractivity contribution in [1.29, 1.82) is 0 Å². The fourth-order valence-electron chi connectivity index (χ4n) is 1.71. The predicted octanol–water partition coefficient (Wildman–Crippen LogP) is 4.14. The molecule has 0 aliphatic rings. The van der Waals surface area contributed by atoms with Crippen LogP contribution in [0.1, 0.15) is 40.1 Å². The normalized spacial score (nSPS) is 12.2. The van der Waals surface area contributed by atoms with E-state index in [0.717, 1.165) is 11.4 Å². The number of rotatable bonds is 4. The zero-order valence-electron chi connectivity index (χ0n) is 11.2. The number of aromatic nitrogens is 1. The number of benzene rings is 1. The van der Waals surface area contributed by atoms with Crippen molar-refractivity contribution in [3.63, 3.8) is 0 Å². The van der Waals surface area contributed by atoms with Gasteiger partial charge in [0.15, 0.2) is 0 Å². The maximum atomic E-state index is 12.2. The van der Waals surface area contributed by atoms with E-state index >= 15 is 0 Å². The summed E-state index contributed by atoms with van der Waals surface area (Å²) in [4.78, 5) is 18.5. The third-order valence-electron chi connectivity index (χ3n) is 2.83. The summed E-state index contributed by atoms with van der Waals surface area (Å²) in [5.74, 6) is -0.216. The molecular formula is C14H15ClN2OS2. The van der Waals surface area contributed by atoms with E-state index in [1.54, 1.807) is 29.5 Å². The second kappa shape index (κ2) is 6.61. The van der Waals surface area contributed by atoms with Gasteiger partial charge in [-0.05, 0) is 31.5 Å². The van der Waals surface area contributed by atoms with Crippen LogP contribution in [0.2, 0.25) is 5.02 Å². The molecule has 20 heavy (non-hydrogen) atoms. The molecule has 0 radical (unpaired) electrons. The molecule has 0 spiro atoms. The van der Waals surface area contributed by atoms with Crippen molar-refractivity contribution in [2.24, 2.45) is 0 Å². The van der Waals surface area contributed by atoms with Gasteiger partial charge in [-0.1, -0.05) is 18.5 Å². The monoisotopic (exact) mass is 326 g/mol. The van der Waals surface area contributed by atoms with Crippen molar-refractivity contribution in [3.05, 3.63) is 44.9 Å². The molecule has 1 N–H and O–H groups in total. The summed E-state index contributed by atoms with van der Waals surface area (Å²) < 4.78 is 0. The molecule has 1 heterocycles. The summed E-state index contributed by atoms with van der Waals surface area (Å²) in [6, 6.07) is 4.93. The number of thiazole rings is 1. The molecule has 0 saturated heterocycles. The molecule has 6 heteroatoms. The molecule has 106 valence electrons. The van der Waals surface area contributed by atoms with Gasteiger partial charge in [0.2, 0.25) is 0 Å². The number of carbonyl (C=O) groups excluding carboxylic acids is 1. The van der Waals surface area contributed by atoms with Gasteiger partial charge in [-0.2, -0.15) is 0 Å². The highest BCUT2D eigenvalue weighted by atomic mass is 35.5. The lowest BCUT2D eigenvalue weighted by atomic mass is 10.2. The largest absolute Gasteiger partial charge is 0.343 e. The molecule has 0 bridgehead atoms. The van der Waals surface area contributed by atoms with Crippen molar-refractivity contribution >= 4 is 41.5 Å². The smallest absolute Gasteiger partial charge is 0.253 e. The van der Waals surface area contributed by atoms with E-state index in [1.807, 2.05) is 13.1 Å². The number of hydrogen-bond acceptors (Lipinski definition) is 4. The first-order chi connectivity index (χ1) is 9.51. The predicted molar refractivity (Wildman–Crippen MR) is 86.1 cm³/mol. The van der Waals surface area contributed by atoms with Crippen LogP contribution in [0.3, 0.4) is 0 Å². The van der Waals surface area contributed by atoms with Crippen LogP contribution >= 0.6 is 35.6 Å². The van der Waals surface area contributed by atoms with E-state index in [0.29, 0.717) is 15.5 Å². The van der Waals surface area contributed by atoms with Gasteiger partial charge >= 0.3 is 0 Å². The first-order valence-corrected chi connectivity index (χ1v) is 7.89. The highest BCUT2D eigenvalue weighted by Gasteiger charge is 2.16. The summed E-state index contributed by atoms with van der Waals surface area (Å²) in [7, 11) is 0. The quantitative estimate of drug-likeness (QED) is 0.829. The lowest BCUT2D eigenvalue weighted by Crippen LogP contribution is -2.26. The molecule has 0 saturated carbocycles. The third kappa shape index (κ3) is 3.53. The van der Waals surface area contributed by atoms with Crippen LogP contribution in [0.15, 0.2) is 29.3 Å². The Kier molecular flexibility index (Phi) is 5.07. The Hall–Kier alpha value is -1.04. The maximum Gasteiger partial charge on any atom is 0.253 e. The minimum atomic E-state index is -0.216. The van der Waals surface area contributed by atoms with Crippen LogP contribution in [0.4, 0.5) is 0 Å². The van der Waals surface area contributed by atoms with Crippen LogP contribution in [0.25, 0.3) is 0 Å². The Morgan fingerprint density at radius 2 is 2.30 bits per heavy atom. The van der Waals surface area contributed by atoms with E-state index in [-0.39, 0.29) is 11.9 Å². The van der Waals surface area contributed by atoms with Gasteiger partial charge < -0.3 is 5.32 Å². The Morgan fingerprint density at radius 3 is 2.95 bits per heavy atom. The molecule has 0 aliphatic carbocycles. The number of nitrogens with zero attached hydrogens (tertiary/aromatic N) is 1. The van der Waals surface area contributed by atoms with Crippen molar-refractivity contribution in [3.8, 4) is 0 Å². The molecule has 1 atom stereocenters. The lowest BCUT2D eigenvalue weighted by molar-refractivity contribution is 0.0940. The summed E-state index contributed by atoms with van der Waals surface area (Å²) in [6.45, 7) is 3.99. The molecule has 3 nitrogen and oxygen atoms in total. The Labute approximate surface area is 132 Å². The van der Waals surface area contributed by atoms with Crippen LogP contribution in [-0.2, 0) is 6.42 Å². The summed E-state index contributed by atoms with van der Waals surface area (Å²) in [5, 5.41) is 4.22. The molecule has 1 aromatic carbocycles. The summed E-state index contributed by atoms with van der Waals surface area (Å²) >= 11 is 11.9. The number of thiol groups is 1. The minimum absolute atomic E-state index is 0.146. The third-order valence-corrected chi connectivity index (χ3v) is 4.76. The first kappa shape index (κ1) is 15.4.